The van der Waals surface area contributed by atoms with Crippen molar-refractivity contribution in [2.45, 2.75) is 19.5 Å². The number of benzene rings is 1. The highest BCUT2D eigenvalue weighted by Gasteiger charge is 2.32. The predicted molar refractivity (Wildman–Crippen MR) is 77.0 cm³/mol. The van der Waals surface area contributed by atoms with Crippen molar-refractivity contribution in [3.63, 3.8) is 0 Å². The molecular formula is C15H16F3N3. The molecule has 0 aliphatic heterocycles. The first-order valence-electron chi connectivity index (χ1n) is 6.49. The van der Waals surface area contributed by atoms with Gasteiger partial charge < -0.3 is 11.1 Å². The molecule has 0 fully saturated rings. The Morgan fingerprint density at radius 1 is 1.24 bits per heavy atom. The molecule has 0 spiro atoms. The van der Waals surface area contributed by atoms with Crippen LogP contribution in [-0.4, -0.2) is 11.5 Å². The molecule has 0 saturated heterocycles. The van der Waals surface area contributed by atoms with Crippen molar-refractivity contribution in [3.05, 3.63) is 53.3 Å². The third-order valence-electron chi connectivity index (χ3n) is 3.20. The number of anilines is 2. The molecule has 0 saturated carbocycles. The van der Waals surface area contributed by atoms with Gasteiger partial charge in [-0.2, -0.15) is 13.2 Å². The van der Waals surface area contributed by atoms with Crippen LogP contribution >= 0.6 is 0 Å². The van der Waals surface area contributed by atoms with Gasteiger partial charge in [-0.1, -0.05) is 24.3 Å². The number of alkyl halides is 3. The Morgan fingerprint density at radius 2 is 1.95 bits per heavy atom. The van der Waals surface area contributed by atoms with Gasteiger partial charge in [-0.3, -0.25) is 0 Å². The average Bonchev–Trinajstić information content (AvgIpc) is 2.41. The molecule has 1 heterocycles. The largest absolute Gasteiger partial charge is 0.433 e. The van der Waals surface area contributed by atoms with E-state index in [1.54, 1.807) is 0 Å². The van der Waals surface area contributed by atoms with Gasteiger partial charge in [-0.15, -0.1) is 0 Å². The van der Waals surface area contributed by atoms with Crippen LogP contribution in [0.1, 0.15) is 16.8 Å². The van der Waals surface area contributed by atoms with Crippen molar-refractivity contribution in [2.75, 3.05) is 17.6 Å². The molecule has 3 nitrogen and oxygen atoms in total. The molecule has 0 atom stereocenters. The lowest BCUT2D eigenvalue weighted by molar-refractivity contribution is -0.141. The minimum absolute atomic E-state index is 0.202. The van der Waals surface area contributed by atoms with Crippen molar-refractivity contribution >= 4 is 11.4 Å². The van der Waals surface area contributed by atoms with E-state index in [1.807, 2.05) is 31.2 Å². The Balaban J connectivity index is 2.05. The van der Waals surface area contributed by atoms with Crippen LogP contribution in [0.15, 0.2) is 36.5 Å². The van der Waals surface area contributed by atoms with Crippen molar-refractivity contribution < 1.29 is 13.2 Å². The highest BCUT2D eigenvalue weighted by atomic mass is 19.4. The topological polar surface area (TPSA) is 50.9 Å². The maximum atomic E-state index is 12.6. The number of halogens is 3. The molecule has 2 rings (SSSR count). The van der Waals surface area contributed by atoms with E-state index in [9.17, 15) is 13.2 Å². The summed E-state index contributed by atoms with van der Waals surface area (Å²) < 4.78 is 37.8. The van der Waals surface area contributed by atoms with Crippen molar-refractivity contribution in [2.24, 2.45) is 0 Å². The number of hydrogen-bond acceptors (Lipinski definition) is 3. The number of pyridine rings is 1. The zero-order chi connectivity index (χ0) is 15.5. The van der Waals surface area contributed by atoms with Crippen LogP contribution in [0, 0.1) is 6.92 Å². The number of aryl methyl sites for hydroxylation is 1. The van der Waals surface area contributed by atoms with Crippen LogP contribution in [0.4, 0.5) is 24.5 Å². The molecule has 0 bridgehead atoms. The van der Waals surface area contributed by atoms with Crippen molar-refractivity contribution in [3.8, 4) is 0 Å². The minimum atomic E-state index is -4.47. The highest BCUT2D eigenvalue weighted by molar-refractivity contribution is 5.65. The van der Waals surface area contributed by atoms with E-state index in [0.29, 0.717) is 13.0 Å². The van der Waals surface area contributed by atoms with Gasteiger partial charge in [0, 0.05) is 6.54 Å². The summed E-state index contributed by atoms with van der Waals surface area (Å²) in [6, 6.07) is 8.81. The molecule has 0 unspecified atom stereocenters. The Bertz CT molecular complexity index is 624. The van der Waals surface area contributed by atoms with E-state index in [2.05, 4.69) is 10.3 Å². The van der Waals surface area contributed by atoms with Crippen LogP contribution < -0.4 is 11.1 Å². The first kappa shape index (κ1) is 15.2. The summed E-state index contributed by atoms with van der Waals surface area (Å²) in [5, 5.41) is 2.94. The second-order valence-corrected chi connectivity index (χ2v) is 4.76. The quantitative estimate of drug-likeness (QED) is 0.905. The summed E-state index contributed by atoms with van der Waals surface area (Å²) >= 11 is 0. The standard InChI is InChI=1S/C15H16F3N3/c1-10-4-2-3-5-11(10)6-7-20-13-8-14(15(16,17)18)21-9-12(13)19/h2-5,8-9H,6-7,19H2,1H3,(H,20,21). The number of nitrogen functional groups attached to an aromatic ring is 1. The van der Waals surface area contributed by atoms with E-state index in [1.165, 1.54) is 0 Å². The molecular weight excluding hydrogens is 279 g/mol. The summed E-state index contributed by atoms with van der Waals surface area (Å²) in [4.78, 5) is 3.30. The number of aromatic nitrogens is 1. The van der Waals surface area contributed by atoms with Crippen LogP contribution in [0.3, 0.4) is 0 Å². The number of hydrogen-bond donors (Lipinski definition) is 2. The van der Waals surface area contributed by atoms with Gasteiger partial charge in [0.1, 0.15) is 5.69 Å². The Labute approximate surface area is 121 Å². The third-order valence-corrected chi connectivity index (χ3v) is 3.20. The molecule has 6 heteroatoms. The summed E-state index contributed by atoms with van der Waals surface area (Å²) in [6.07, 6.45) is -2.74. The van der Waals surface area contributed by atoms with Gasteiger partial charge in [0.25, 0.3) is 0 Å². The molecule has 2 aromatic rings. The lowest BCUT2D eigenvalue weighted by Gasteiger charge is -2.13. The first-order valence-corrected chi connectivity index (χ1v) is 6.49. The van der Waals surface area contributed by atoms with Crippen LogP contribution in [0.2, 0.25) is 0 Å². The maximum absolute atomic E-state index is 12.6. The predicted octanol–water partition coefficient (Wildman–Crippen LogP) is 3.65. The molecule has 1 aromatic heterocycles. The monoisotopic (exact) mass is 295 g/mol. The van der Waals surface area contributed by atoms with E-state index >= 15 is 0 Å². The first-order chi connectivity index (χ1) is 9.88. The second kappa shape index (κ2) is 6.03. The van der Waals surface area contributed by atoms with Gasteiger partial charge in [-0.05, 0) is 30.5 Å². The third kappa shape index (κ3) is 3.87. The summed E-state index contributed by atoms with van der Waals surface area (Å²) in [6.45, 7) is 2.49. The zero-order valence-electron chi connectivity index (χ0n) is 11.5. The van der Waals surface area contributed by atoms with Crippen molar-refractivity contribution in [1.82, 2.24) is 4.98 Å². The molecule has 0 aliphatic rings. The van der Waals surface area contributed by atoms with E-state index in [-0.39, 0.29) is 11.4 Å². The van der Waals surface area contributed by atoms with Crippen LogP contribution in [-0.2, 0) is 12.6 Å². The smallest absolute Gasteiger partial charge is 0.396 e. The normalized spacial score (nSPS) is 11.4. The molecule has 0 aliphatic carbocycles. The lowest BCUT2D eigenvalue weighted by Crippen LogP contribution is -2.12. The van der Waals surface area contributed by atoms with Gasteiger partial charge in [0.05, 0.1) is 17.6 Å². The number of nitrogens with zero attached hydrogens (tertiary/aromatic N) is 1. The molecule has 0 amide bonds. The van der Waals surface area contributed by atoms with Gasteiger partial charge >= 0.3 is 6.18 Å². The Kier molecular flexibility index (Phi) is 4.35. The van der Waals surface area contributed by atoms with E-state index in [4.69, 9.17) is 5.73 Å². The molecule has 112 valence electrons. The second-order valence-electron chi connectivity index (χ2n) is 4.76. The molecule has 1 aromatic carbocycles. The summed E-state index contributed by atoms with van der Waals surface area (Å²) in [5.41, 5.74) is 7.46. The zero-order valence-corrected chi connectivity index (χ0v) is 11.5. The number of nitrogens with two attached hydrogens (primary N) is 1. The van der Waals surface area contributed by atoms with Crippen molar-refractivity contribution in [1.29, 1.82) is 0 Å². The van der Waals surface area contributed by atoms with Gasteiger partial charge in [0.15, 0.2) is 0 Å². The molecule has 0 radical (unpaired) electrons. The Morgan fingerprint density at radius 3 is 2.62 bits per heavy atom. The fourth-order valence-corrected chi connectivity index (χ4v) is 2.00. The summed E-state index contributed by atoms with van der Waals surface area (Å²) in [5.74, 6) is 0. The molecule has 21 heavy (non-hydrogen) atoms. The Hall–Kier alpha value is -2.24. The molecule has 3 N–H and O–H groups in total. The fourth-order valence-electron chi connectivity index (χ4n) is 2.00. The highest BCUT2D eigenvalue weighted by Crippen LogP contribution is 2.31. The van der Waals surface area contributed by atoms with Gasteiger partial charge in [-0.25, -0.2) is 4.98 Å². The van der Waals surface area contributed by atoms with Crippen LogP contribution in [0.25, 0.3) is 0 Å². The minimum Gasteiger partial charge on any atom is -0.396 e. The number of rotatable bonds is 4. The summed E-state index contributed by atoms with van der Waals surface area (Å²) in [7, 11) is 0. The van der Waals surface area contributed by atoms with E-state index in [0.717, 1.165) is 23.4 Å². The average molecular weight is 295 g/mol. The fraction of sp³-hybridized carbons (Fsp3) is 0.267. The SMILES string of the molecule is Cc1ccccc1CCNc1cc(C(F)(F)F)ncc1N. The van der Waals surface area contributed by atoms with Gasteiger partial charge in [0.2, 0.25) is 0 Å². The lowest BCUT2D eigenvalue weighted by atomic mass is 10.1. The number of nitrogens with one attached hydrogen (secondary N) is 1. The maximum Gasteiger partial charge on any atom is 0.433 e. The van der Waals surface area contributed by atoms with E-state index < -0.39 is 11.9 Å². The van der Waals surface area contributed by atoms with Crippen LogP contribution in [0.5, 0.6) is 0 Å².